The third-order valence-electron chi connectivity index (χ3n) is 3.94. The van der Waals surface area contributed by atoms with Crippen molar-refractivity contribution in [2.75, 3.05) is 0 Å². The summed E-state index contributed by atoms with van der Waals surface area (Å²) in [6.07, 6.45) is 4.96. The maximum Gasteiger partial charge on any atom is 0.293 e. The second-order valence-corrected chi connectivity index (χ2v) is 6.98. The normalized spacial score (nSPS) is 15.9. The van der Waals surface area contributed by atoms with Gasteiger partial charge in [0.05, 0.1) is 16.4 Å². The third-order valence-corrected chi connectivity index (χ3v) is 4.86. The standard InChI is InChI=1S/C20H16N2O4S/c1-14-4-2-6-16(12-14)13-21-19(23)18(27-20(21)24)7-3-5-15-8-10-17(11-9-15)22(25)26/h2-12H,13H2,1H3/b5-3+,18-7-. The summed E-state index contributed by atoms with van der Waals surface area (Å²) in [5.74, 6) is -0.320. The van der Waals surface area contributed by atoms with E-state index in [-0.39, 0.29) is 23.4 Å². The molecule has 0 N–H and O–H groups in total. The zero-order valence-electron chi connectivity index (χ0n) is 14.5. The molecular weight excluding hydrogens is 364 g/mol. The van der Waals surface area contributed by atoms with Crippen molar-refractivity contribution in [1.82, 2.24) is 4.90 Å². The lowest BCUT2D eigenvalue weighted by atomic mass is 10.1. The summed E-state index contributed by atoms with van der Waals surface area (Å²) in [6, 6.07) is 13.7. The molecule has 0 aromatic heterocycles. The van der Waals surface area contributed by atoms with E-state index >= 15 is 0 Å². The van der Waals surface area contributed by atoms with Gasteiger partial charge in [0.25, 0.3) is 16.8 Å². The Labute approximate surface area is 160 Å². The van der Waals surface area contributed by atoms with E-state index in [2.05, 4.69) is 0 Å². The first-order valence-electron chi connectivity index (χ1n) is 8.16. The van der Waals surface area contributed by atoms with Crippen LogP contribution in [0.15, 0.2) is 65.6 Å². The molecule has 0 bridgehead atoms. The molecule has 2 aromatic carbocycles. The summed E-state index contributed by atoms with van der Waals surface area (Å²) in [4.78, 5) is 36.4. The van der Waals surface area contributed by atoms with Gasteiger partial charge >= 0.3 is 0 Å². The molecule has 0 spiro atoms. The molecular formula is C20H16N2O4S. The quantitative estimate of drug-likeness (QED) is 0.427. The van der Waals surface area contributed by atoms with Crippen molar-refractivity contribution in [3.05, 3.63) is 92.4 Å². The Morgan fingerprint density at radius 3 is 2.56 bits per heavy atom. The number of rotatable bonds is 5. The molecule has 2 aromatic rings. The average molecular weight is 380 g/mol. The van der Waals surface area contributed by atoms with E-state index in [1.54, 1.807) is 30.4 Å². The van der Waals surface area contributed by atoms with Gasteiger partial charge in [0, 0.05) is 12.1 Å². The Kier molecular flexibility index (Phi) is 5.52. The number of aryl methyl sites for hydroxylation is 1. The highest BCUT2D eigenvalue weighted by molar-refractivity contribution is 8.18. The number of nitro groups is 1. The Morgan fingerprint density at radius 2 is 1.89 bits per heavy atom. The van der Waals surface area contributed by atoms with Crippen molar-refractivity contribution >= 4 is 34.7 Å². The first-order chi connectivity index (χ1) is 12.9. The van der Waals surface area contributed by atoms with E-state index in [1.807, 2.05) is 31.2 Å². The van der Waals surface area contributed by atoms with Crippen molar-refractivity contribution in [2.24, 2.45) is 0 Å². The minimum Gasteiger partial charge on any atom is -0.268 e. The molecule has 0 atom stereocenters. The highest BCUT2D eigenvalue weighted by atomic mass is 32.2. The molecule has 1 heterocycles. The summed E-state index contributed by atoms with van der Waals surface area (Å²) >= 11 is 0.905. The topological polar surface area (TPSA) is 80.5 Å². The van der Waals surface area contributed by atoms with Gasteiger partial charge in [0.1, 0.15) is 0 Å². The molecule has 0 unspecified atom stereocenters. The highest BCUT2D eigenvalue weighted by Gasteiger charge is 2.34. The van der Waals surface area contributed by atoms with Crippen molar-refractivity contribution in [3.8, 4) is 0 Å². The first kappa shape index (κ1) is 18.6. The Balaban J connectivity index is 1.69. The Bertz CT molecular complexity index is 964. The van der Waals surface area contributed by atoms with Crippen LogP contribution in [0, 0.1) is 17.0 Å². The minimum absolute atomic E-state index is 0.0180. The number of non-ortho nitro benzene ring substituents is 1. The van der Waals surface area contributed by atoms with E-state index in [0.29, 0.717) is 4.91 Å². The van der Waals surface area contributed by atoms with Gasteiger partial charge < -0.3 is 0 Å². The van der Waals surface area contributed by atoms with Gasteiger partial charge in [-0.25, -0.2) is 0 Å². The number of benzene rings is 2. The van der Waals surface area contributed by atoms with E-state index in [0.717, 1.165) is 28.5 Å². The lowest BCUT2D eigenvalue weighted by Crippen LogP contribution is -2.27. The van der Waals surface area contributed by atoms with Crippen molar-refractivity contribution in [1.29, 1.82) is 0 Å². The predicted molar refractivity (Wildman–Crippen MR) is 105 cm³/mol. The average Bonchev–Trinajstić information content (AvgIpc) is 2.90. The van der Waals surface area contributed by atoms with E-state index < -0.39 is 4.92 Å². The van der Waals surface area contributed by atoms with Gasteiger partial charge in [-0.1, -0.05) is 42.0 Å². The van der Waals surface area contributed by atoms with Crippen LogP contribution in [-0.2, 0) is 11.3 Å². The zero-order valence-corrected chi connectivity index (χ0v) is 15.3. The number of carbonyl (C=O) groups excluding carboxylic acids is 2. The summed E-state index contributed by atoms with van der Waals surface area (Å²) in [5.41, 5.74) is 2.75. The summed E-state index contributed by atoms with van der Waals surface area (Å²) in [6.45, 7) is 2.20. The number of thioether (sulfide) groups is 1. The van der Waals surface area contributed by atoms with E-state index in [4.69, 9.17) is 0 Å². The molecule has 7 heteroatoms. The van der Waals surface area contributed by atoms with Gasteiger partial charge in [-0.3, -0.25) is 24.6 Å². The fourth-order valence-electron chi connectivity index (χ4n) is 2.60. The smallest absolute Gasteiger partial charge is 0.268 e. The number of hydrogen-bond acceptors (Lipinski definition) is 5. The molecule has 1 saturated heterocycles. The van der Waals surface area contributed by atoms with Crippen molar-refractivity contribution < 1.29 is 14.5 Å². The number of nitrogens with zero attached hydrogens (tertiary/aromatic N) is 2. The van der Waals surface area contributed by atoms with Gasteiger partial charge in [-0.05, 0) is 48.0 Å². The molecule has 136 valence electrons. The third kappa shape index (κ3) is 4.51. The van der Waals surface area contributed by atoms with Crippen LogP contribution in [0.1, 0.15) is 16.7 Å². The number of hydrogen-bond donors (Lipinski definition) is 0. The number of amides is 2. The Hall–Kier alpha value is -3.19. The summed E-state index contributed by atoms with van der Waals surface area (Å²) in [7, 11) is 0. The molecule has 0 aliphatic carbocycles. The fourth-order valence-corrected chi connectivity index (χ4v) is 3.39. The van der Waals surface area contributed by atoms with Gasteiger partial charge in [-0.2, -0.15) is 0 Å². The van der Waals surface area contributed by atoms with Gasteiger partial charge in [0.2, 0.25) is 0 Å². The second-order valence-electron chi connectivity index (χ2n) is 5.99. The second kappa shape index (κ2) is 8.01. The van der Waals surface area contributed by atoms with Crippen LogP contribution in [0.3, 0.4) is 0 Å². The maximum absolute atomic E-state index is 12.5. The molecule has 0 radical (unpaired) electrons. The van der Waals surface area contributed by atoms with Crippen LogP contribution in [0.25, 0.3) is 6.08 Å². The van der Waals surface area contributed by atoms with Crippen LogP contribution in [0.4, 0.5) is 10.5 Å². The lowest BCUT2D eigenvalue weighted by Gasteiger charge is -2.12. The number of imide groups is 1. The molecule has 2 amide bonds. The van der Waals surface area contributed by atoms with E-state index in [9.17, 15) is 19.7 Å². The Morgan fingerprint density at radius 1 is 1.15 bits per heavy atom. The fraction of sp³-hybridized carbons (Fsp3) is 0.100. The monoisotopic (exact) mass is 380 g/mol. The largest absolute Gasteiger partial charge is 0.293 e. The van der Waals surface area contributed by atoms with Crippen LogP contribution < -0.4 is 0 Å². The van der Waals surface area contributed by atoms with E-state index in [1.165, 1.54) is 17.0 Å². The molecule has 0 saturated carbocycles. The zero-order chi connectivity index (χ0) is 19.4. The SMILES string of the molecule is Cc1cccc(CN2C(=O)S/C(=C\C=C\c3ccc([N+](=O)[O-])cc3)C2=O)c1. The van der Waals surface area contributed by atoms with Crippen LogP contribution in [-0.4, -0.2) is 21.0 Å². The van der Waals surface area contributed by atoms with Gasteiger partial charge in [-0.15, -0.1) is 0 Å². The molecule has 1 fully saturated rings. The van der Waals surface area contributed by atoms with Crippen LogP contribution in [0.2, 0.25) is 0 Å². The summed E-state index contributed by atoms with van der Waals surface area (Å²) < 4.78 is 0. The molecule has 1 aliphatic heterocycles. The predicted octanol–water partition coefficient (Wildman–Crippen LogP) is 4.70. The first-order valence-corrected chi connectivity index (χ1v) is 8.98. The highest BCUT2D eigenvalue weighted by Crippen LogP contribution is 2.32. The van der Waals surface area contributed by atoms with Crippen molar-refractivity contribution in [2.45, 2.75) is 13.5 Å². The van der Waals surface area contributed by atoms with Crippen LogP contribution in [0.5, 0.6) is 0 Å². The molecule has 1 aliphatic rings. The maximum atomic E-state index is 12.5. The number of nitro benzene ring substituents is 1. The molecule has 3 rings (SSSR count). The molecule has 6 nitrogen and oxygen atoms in total. The van der Waals surface area contributed by atoms with Crippen molar-refractivity contribution in [3.63, 3.8) is 0 Å². The summed E-state index contributed by atoms with van der Waals surface area (Å²) in [5, 5.41) is 10.4. The van der Waals surface area contributed by atoms with Crippen LogP contribution >= 0.6 is 11.8 Å². The number of carbonyl (C=O) groups is 2. The lowest BCUT2D eigenvalue weighted by molar-refractivity contribution is -0.384. The number of allylic oxidation sites excluding steroid dienone is 2. The molecule has 27 heavy (non-hydrogen) atoms. The van der Waals surface area contributed by atoms with Gasteiger partial charge in [0.15, 0.2) is 0 Å². The minimum atomic E-state index is -0.461.